The molecule has 0 aromatic heterocycles. The van der Waals surface area contributed by atoms with Gasteiger partial charge >= 0.3 is 15.6 Å². The van der Waals surface area contributed by atoms with Crippen LogP contribution in [0.15, 0.2) is 0 Å². The van der Waals surface area contributed by atoms with E-state index in [1.807, 2.05) is 0 Å². The van der Waals surface area contributed by atoms with Crippen molar-refractivity contribution in [1.82, 2.24) is 0 Å². The third-order valence-electron chi connectivity index (χ3n) is 6.73. The first-order valence-electron chi connectivity index (χ1n) is 17.5. The largest absolute Gasteiger partial charge is 0.481 e. The zero-order valence-corrected chi connectivity index (χ0v) is 32.4. The van der Waals surface area contributed by atoms with Crippen molar-refractivity contribution in [3.05, 3.63) is 0 Å². The van der Waals surface area contributed by atoms with Crippen molar-refractivity contribution >= 4 is 15.6 Å². The van der Waals surface area contributed by atoms with E-state index in [0.717, 1.165) is 64.2 Å². The Morgan fingerprint density at radius 2 is 0.636 bits per heavy atom. The average Bonchev–Trinajstić information content (AvgIpc) is 2.96. The predicted octanol–water partition coefficient (Wildman–Crippen LogP) is 10.6. The summed E-state index contributed by atoms with van der Waals surface area (Å²) in [6, 6.07) is 0. The minimum atomic E-state index is -4.58. The molecule has 2 unspecified atom stereocenters. The first-order valence-corrected chi connectivity index (χ1v) is 20.5. The fraction of sp³-hybridized carbons (Fsp3) is 1.00. The summed E-state index contributed by atoms with van der Waals surface area (Å²) in [7, 11) is -9.17. The first kappa shape index (κ1) is 51.7. The van der Waals surface area contributed by atoms with Crippen molar-refractivity contribution in [2.45, 2.75) is 182 Å². The average molecular weight is 711 g/mol. The van der Waals surface area contributed by atoms with Crippen LogP contribution < -0.4 is 0 Å². The van der Waals surface area contributed by atoms with Crippen LogP contribution in [-0.2, 0) is 44.2 Å². The fourth-order valence-electron chi connectivity index (χ4n) is 4.09. The fourth-order valence-corrected chi connectivity index (χ4v) is 6.23. The Labute approximate surface area is 287 Å². The number of aliphatic hydroxyl groups is 2. The molecule has 0 radical (unpaired) electrons. The summed E-state index contributed by atoms with van der Waals surface area (Å²) in [5, 5.41) is 16.8. The molecular formula is C32H72O9P2Ti. The minimum Gasteiger partial charge on any atom is -0.396 e. The van der Waals surface area contributed by atoms with Gasteiger partial charge in [0.05, 0.1) is 13.2 Å². The topological polar surface area (TPSA) is 143 Å². The summed E-state index contributed by atoms with van der Waals surface area (Å²) in [5.41, 5.74) is 0. The van der Waals surface area contributed by atoms with Gasteiger partial charge in [-0.3, -0.25) is 9.05 Å². The normalized spacial score (nSPS) is 13.5. The van der Waals surface area contributed by atoms with Crippen molar-refractivity contribution < 1.29 is 64.2 Å². The molecule has 0 aliphatic heterocycles. The van der Waals surface area contributed by atoms with Gasteiger partial charge in [0.2, 0.25) is 0 Å². The molecule has 0 aromatic rings. The van der Waals surface area contributed by atoms with Gasteiger partial charge in [-0.25, -0.2) is 9.13 Å². The molecule has 268 valence electrons. The molecule has 44 heavy (non-hydrogen) atoms. The Hall–Kier alpha value is 0.894. The first-order chi connectivity index (χ1) is 20.7. The van der Waals surface area contributed by atoms with Crippen molar-refractivity contribution in [2.75, 3.05) is 26.4 Å². The molecule has 12 heteroatoms. The molecule has 2 atom stereocenters. The number of phosphoric ester groups is 2. The third-order valence-corrected chi connectivity index (χ3v) is 9.40. The van der Waals surface area contributed by atoms with E-state index in [9.17, 15) is 18.9 Å². The molecule has 0 heterocycles. The molecule has 0 saturated carbocycles. The van der Waals surface area contributed by atoms with E-state index >= 15 is 0 Å². The number of hydrogen-bond donors (Lipinski definition) is 4. The number of hydrogen-bond acceptors (Lipinski definition) is 7. The molecule has 0 aromatic carbocycles. The molecule has 0 aliphatic rings. The quantitative estimate of drug-likeness (QED) is 0.0325. The maximum Gasteiger partial charge on any atom is 0.481 e. The van der Waals surface area contributed by atoms with E-state index in [-0.39, 0.29) is 34.9 Å². The number of aliphatic hydroxyl groups excluding tert-OH is 2. The molecule has 4 N–H and O–H groups in total. The Bertz CT molecular complexity index is 554. The van der Waals surface area contributed by atoms with Crippen LogP contribution >= 0.6 is 15.6 Å². The van der Waals surface area contributed by atoms with Crippen LogP contribution in [0.5, 0.6) is 0 Å². The van der Waals surface area contributed by atoms with Gasteiger partial charge in [-0.2, -0.15) is 4.31 Å². The SMILES string of the molecule is CCCCCCCCO.CCCCCCCCO.CCCCCCCCOP(=O)(O)OP(=O)(O)OCCCCCCCC.[Ti]. The predicted molar refractivity (Wildman–Crippen MR) is 180 cm³/mol. The number of phosphoric acid groups is 2. The summed E-state index contributed by atoms with van der Waals surface area (Å²) < 4.78 is 37.1. The monoisotopic (exact) mass is 710 g/mol. The molecule has 0 rings (SSSR count). The van der Waals surface area contributed by atoms with Crippen molar-refractivity contribution in [2.24, 2.45) is 0 Å². The van der Waals surface area contributed by atoms with Gasteiger partial charge in [0, 0.05) is 34.9 Å². The Balaban J connectivity index is -0.000000344. The molecule has 0 fully saturated rings. The second-order valence-corrected chi connectivity index (χ2v) is 14.2. The van der Waals surface area contributed by atoms with Crippen LogP contribution in [0.2, 0.25) is 0 Å². The summed E-state index contributed by atoms with van der Waals surface area (Å²) in [6.45, 7) is 9.44. The standard InChI is InChI=1S/C16H36O7P2.2C8H18O.Ti/c1-3-5-7-9-11-13-15-21-24(17,18)23-25(19,20)22-16-14-12-10-8-6-4-2;2*1-2-3-4-5-6-7-8-9;/h3-16H2,1-2H3,(H,17,18)(H,19,20);2*9H,2-8H2,1H3;. The van der Waals surface area contributed by atoms with Crippen LogP contribution in [-0.4, -0.2) is 46.4 Å². The van der Waals surface area contributed by atoms with Gasteiger partial charge in [-0.15, -0.1) is 0 Å². The summed E-state index contributed by atoms with van der Waals surface area (Å²) in [4.78, 5) is 19.0. The van der Waals surface area contributed by atoms with Gasteiger partial charge in [0.1, 0.15) is 0 Å². The number of unbranched alkanes of at least 4 members (excludes halogenated alkanes) is 20. The Kier molecular flexibility index (Phi) is 49.3. The number of rotatable bonds is 30. The molecular weight excluding hydrogens is 638 g/mol. The molecule has 0 bridgehead atoms. The Morgan fingerprint density at radius 3 is 0.886 bits per heavy atom. The van der Waals surface area contributed by atoms with Crippen LogP contribution in [0.25, 0.3) is 0 Å². The third kappa shape index (κ3) is 49.8. The maximum atomic E-state index is 11.7. The second-order valence-electron chi connectivity index (χ2n) is 11.2. The van der Waals surface area contributed by atoms with E-state index in [2.05, 4.69) is 32.0 Å². The molecule has 0 saturated heterocycles. The minimum absolute atomic E-state index is 0. The zero-order chi connectivity index (χ0) is 32.9. The van der Waals surface area contributed by atoms with Crippen molar-refractivity contribution in [3.8, 4) is 0 Å². The van der Waals surface area contributed by atoms with Crippen LogP contribution in [0.4, 0.5) is 0 Å². The van der Waals surface area contributed by atoms with E-state index in [1.165, 1.54) is 77.0 Å². The molecule has 0 spiro atoms. The second kappa shape index (κ2) is 41.9. The van der Waals surface area contributed by atoms with Crippen LogP contribution in [0.1, 0.15) is 182 Å². The summed E-state index contributed by atoms with van der Waals surface area (Å²) in [6.07, 6.45) is 26.9. The smallest absolute Gasteiger partial charge is 0.396 e. The van der Waals surface area contributed by atoms with E-state index in [1.54, 1.807) is 0 Å². The molecule has 9 nitrogen and oxygen atoms in total. The van der Waals surface area contributed by atoms with E-state index < -0.39 is 15.6 Å². The summed E-state index contributed by atoms with van der Waals surface area (Å²) in [5.74, 6) is 0. The van der Waals surface area contributed by atoms with Crippen LogP contribution in [0, 0.1) is 0 Å². The maximum absolute atomic E-state index is 11.7. The van der Waals surface area contributed by atoms with Crippen molar-refractivity contribution in [1.29, 1.82) is 0 Å². The van der Waals surface area contributed by atoms with Gasteiger partial charge in [0.25, 0.3) is 0 Å². The summed E-state index contributed by atoms with van der Waals surface area (Å²) >= 11 is 0. The van der Waals surface area contributed by atoms with Gasteiger partial charge in [-0.05, 0) is 25.7 Å². The Morgan fingerprint density at radius 1 is 0.409 bits per heavy atom. The van der Waals surface area contributed by atoms with Gasteiger partial charge < -0.3 is 20.0 Å². The van der Waals surface area contributed by atoms with Crippen molar-refractivity contribution in [3.63, 3.8) is 0 Å². The molecule has 0 aliphatic carbocycles. The van der Waals surface area contributed by atoms with Gasteiger partial charge in [-0.1, -0.05) is 156 Å². The van der Waals surface area contributed by atoms with Gasteiger partial charge in [0.15, 0.2) is 0 Å². The van der Waals surface area contributed by atoms with E-state index in [4.69, 9.17) is 19.3 Å². The van der Waals surface area contributed by atoms with Crippen LogP contribution in [0.3, 0.4) is 0 Å². The molecule has 0 amide bonds. The zero-order valence-electron chi connectivity index (χ0n) is 29.0. The van der Waals surface area contributed by atoms with E-state index in [0.29, 0.717) is 26.1 Å².